The number of carbonyl (C=O) groups excluding carboxylic acids is 1. The van der Waals surface area contributed by atoms with Gasteiger partial charge in [0, 0.05) is 11.6 Å². The van der Waals surface area contributed by atoms with Crippen molar-refractivity contribution < 1.29 is 9.53 Å². The largest absolute Gasteiger partial charge is 0.444 e. The molecule has 2 unspecified atom stereocenters. The van der Waals surface area contributed by atoms with Crippen molar-refractivity contribution in [3.8, 4) is 0 Å². The zero-order valence-corrected chi connectivity index (χ0v) is 13.0. The number of aromatic amines is 1. The highest BCUT2D eigenvalue weighted by Crippen LogP contribution is 2.34. The molecule has 2 N–H and O–H groups in total. The number of hydrogen-bond donors (Lipinski definition) is 2. The van der Waals surface area contributed by atoms with Gasteiger partial charge in [0.05, 0.1) is 11.7 Å². The zero-order valence-electron chi connectivity index (χ0n) is 13.0. The van der Waals surface area contributed by atoms with Crippen LogP contribution in [0.25, 0.3) is 0 Å². The van der Waals surface area contributed by atoms with Gasteiger partial charge in [0.15, 0.2) is 0 Å². The standard InChI is InChI=1S/C15H25N3O2/c1-6-10-7-8-11-12(10)18-13(17-11)9(2)16-14(19)20-15(3,4)5/h9-10H,6-8H2,1-5H3,(H,16,19)(H,17,18). The van der Waals surface area contributed by atoms with Gasteiger partial charge in [0.25, 0.3) is 0 Å². The van der Waals surface area contributed by atoms with Crippen LogP contribution in [0.2, 0.25) is 0 Å². The van der Waals surface area contributed by atoms with Crippen LogP contribution in [0.1, 0.15) is 76.6 Å². The Kier molecular flexibility index (Phi) is 4.06. The average Bonchev–Trinajstić information content (AvgIpc) is 2.84. The van der Waals surface area contributed by atoms with Crippen molar-refractivity contribution >= 4 is 6.09 Å². The minimum atomic E-state index is -0.484. The number of imidazole rings is 1. The first-order valence-electron chi connectivity index (χ1n) is 7.38. The number of amides is 1. The molecule has 5 nitrogen and oxygen atoms in total. The molecular weight excluding hydrogens is 254 g/mol. The van der Waals surface area contributed by atoms with Crippen molar-refractivity contribution in [2.45, 2.75) is 71.4 Å². The molecule has 2 atom stereocenters. The smallest absolute Gasteiger partial charge is 0.408 e. The van der Waals surface area contributed by atoms with Crippen LogP contribution in [-0.4, -0.2) is 21.7 Å². The minimum Gasteiger partial charge on any atom is -0.444 e. The highest BCUT2D eigenvalue weighted by molar-refractivity contribution is 5.68. The number of fused-ring (bicyclic) bond motifs is 1. The summed E-state index contributed by atoms with van der Waals surface area (Å²) in [6.45, 7) is 9.66. The van der Waals surface area contributed by atoms with E-state index in [4.69, 9.17) is 4.74 Å². The van der Waals surface area contributed by atoms with E-state index in [2.05, 4.69) is 22.2 Å². The topological polar surface area (TPSA) is 67.0 Å². The summed E-state index contributed by atoms with van der Waals surface area (Å²) in [5.74, 6) is 1.38. The maximum Gasteiger partial charge on any atom is 0.408 e. The van der Waals surface area contributed by atoms with Gasteiger partial charge in [-0.25, -0.2) is 9.78 Å². The zero-order chi connectivity index (χ0) is 14.9. The van der Waals surface area contributed by atoms with Crippen LogP contribution in [-0.2, 0) is 11.2 Å². The lowest BCUT2D eigenvalue weighted by Gasteiger charge is -2.21. The number of hydrogen-bond acceptors (Lipinski definition) is 3. The lowest BCUT2D eigenvalue weighted by atomic mass is 10.1. The summed E-state index contributed by atoms with van der Waals surface area (Å²) < 4.78 is 5.26. The van der Waals surface area contributed by atoms with Gasteiger partial charge >= 0.3 is 6.09 Å². The Labute approximate surface area is 120 Å². The van der Waals surface area contributed by atoms with Crippen LogP contribution in [0.5, 0.6) is 0 Å². The first-order chi connectivity index (χ1) is 9.30. The van der Waals surface area contributed by atoms with E-state index in [9.17, 15) is 4.79 Å². The highest BCUT2D eigenvalue weighted by atomic mass is 16.6. The quantitative estimate of drug-likeness (QED) is 0.890. The summed E-state index contributed by atoms with van der Waals surface area (Å²) in [6, 6.07) is -0.173. The number of carbonyl (C=O) groups is 1. The third kappa shape index (κ3) is 3.32. The second-order valence-corrected chi connectivity index (χ2v) is 6.50. The fourth-order valence-corrected chi connectivity index (χ4v) is 2.58. The summed E-state index contributed by atoms with van der Waals surface area (Å²) in [4.78, 5) is 19.8. The fraction of sp³-hybridized carbons (Fsp3) is 0.733. The molecule has 1 heterocycles. The van der Waals surface area contributed by atoms with Crippen LogP contribution in [0.4, 0.5) is 4.79 Å². The Morgan fingerprint density at radius 1 is 1.55 bits per heavy atom. The third-order valence-corrected chi connectivity index (χ3v) is 3.59. The van der Waals surface area contributed by atoms with Gasteiger partial charge in [-0.15, -0.1) is 0 Å². The SMILES string of the molecule is CCC1CCc2[nH]c(C(C)NC(=O)OC(C)(C)C)nc21. The normalized spacial score (nSPS) is 19.6. The summed E-state index contributed by atoms with van der Waals surface area (Å²) >= 11 is 0. The van der Waals surface area contributed by atoms with E-state index >= 15 is 0 Å². The third-order valence-electron chi connectivity index (χ3n) is 3.59. The second kappa shape index (κ2) is 5.46. The van der Waals surface area contributed by atoms with Crippen LogP contribution in [0.15, 0.2) is 0 Å². The molecule has 0 aromatic carbocycles. The molecule has 20 heavy (non-hydrogen) atoms. The van der Waals surface area contributed by atoms with Crippen molar-refractivity contribution in [1.82, 2.24) is 15.3 Å². The van der Waals surface area contributed by atoms with Crippen LogP contribution in [0, 0.1) is 0 Å². The molecule has 112 valence electrons. The summed E-state index contributed by atoms with van der Waals surface area (Å²) in [6.07, 6.45) is 2.94. The van der Waals surface area contributed by atoms with E-state index in [0.29, 0.717) is 5.92 Å². The summed E-state index contributed by atoms with van der Waals surface area (Å²) in [5, 5.41) is 2.82. The minimum absolute atomic E-state index is 0.173. The highest BCUT2D eigenvalue weighted by Gasteiger charge is 2.27. The Balaban J connectivity index is 2.00. The summed E-state index contributed by atoms with van der Waals surface area (Å²) in [5.41, 5.74) is 1.92. The lowest BCUT2D eigenvalue weighted by molar-refractivity contribution is 0.0506. The monoisotopic (exact) mass is 279 g/mol. The second-order valence-electron chi connectivity index (χ2n) is 6.50. The lowest BCUT2D eigenvalue weighted by Crippen LogP contribution is -2.34. The van der Waals surface area contributed by atoms with E-state index in [0.717, 1.165) is 18.7 Å². The van der Waals surface area contributed by atoms with Crippen molar-refractivity contribution in [3.05, 3.63) is 17.2 Å². The molecule has 1 aliphatic rings. The number of aromatic nitrogens is 2. The van der Waals surface area contributed by atoms with Gasteiger partial charge < -0.3 is 15.0 Å². The van der Waals surface area contributed by atoms with Gasteiger partial charge in [-0.2, -0.15) is 0 Å². The number of aryl methyl sites for hydroxylation is 1. The fourth-order valence-electron chi connectivity index (χ4n) is 2.58. The molecule has 0 bridgehead atoms. The molecule has 1 aliphatic carbocycles. The molecule has 1 aromatic heterocycles. The number of ether oxygens (including phenoxy) is 1. The average molecular weight is 279 g/mol. The van der Waals surface area contributed by atoms with E-state index in [1.165, 1.54) is 17.8 Å². The van der Waals surface area contributed by atoms with Gasteiger partial charge in [-0.1, -0.05) is 6.92 Å². The Hall–Kier alpha value is -1.52. The number of alkyl carbamates (subject to hydrolysis) is 1. The van der Waals surface area contributed by atoms with Gasteiger partial charge in [0.2, 0.25) is 0 Å². The number of rotatable bonds is 3. The maximum atomic E-state index is 11.8. The van der Waals surface area contributed by atoms with Crippen molar-refractivity contribution in [3.63, 3.8) is 0 Å². The summed E-state index contributed by atoms with van der Waals surface area (Å²) in [7, 11) is 0. The molecule has 0 aliphatic heterocycles. The van der Waals surface area contributed by atoms with Gasteiger partial charge in [-0.05, 0) is 47.0 Å². The molecular formula is C15H25N3O2. The molecule has 0 saturated heterocycles. The molecule has 0 saturated carbocycles. The Morgan fingerprint density at radius 2 is 2.25 bits per heavy atom. The molecule has 1 amide bonds. The van der Waals surface area contributed by atoms with Crippen LogP contribution in [0.3, 0.4) is 0 Å². The van der Waals surface area contributed by atoms with Crippen molar-refractivity contribution in [1.29, 1.82) is 0 Å². The molecule has 5 heteroatoms. The molecule has 0 spiro atoms. The molecule has 0 radical (unpaired) electrons. The number of H-pyrrole nitrogens is 1. The first-order valence-corrected chi connectivity index (χ1v) is 7.38. The van der Waals surface area contributed by atoms with Gasteiger partial charge in [-0.3, -0.25) is 0 Å². The van der Waals surface area contributed by atoms with E-state index in [1.54, 1.807) is 0 Å². The molecule has 2 rings (SSSR count). The molecule has 0 fully saturated rings. The van der Waals surface area contributed by atoms with Crippen molar-refractivity contribution in [2.75, 3.05) is 0 Å². The number of nitrogens with one attached hydrogen (secondary N) is 2. The van der Waals surface area contributed by atoms with Crippen LogP contribution < -0.4 is 5.32 Å². The predicted molar refractivity (Wildman–Crippen MR) is 77.7 cm³/mol. The van der Waals surface area contributed by atoms with Gasteiger partial charge in [0.1, 0.15) is 11.4 Å². The Morgan fingerprint density at radius 3 is 2.85 bits per heavy atom. The van der Waals surface area contributed by atoms with E-state index in [1.807, 2.05) is 27.7 Å². The first kappa shape index (κ1) is 14.9. The number of nitrogens with zero attached hydrogens (tertiary/aromatic N) is 1. The maximum absolute atomic E-state index is 11.8. The predicted octanol–water partition coefficient (Wildman–Crippen LogP) is 3.44. The molecule has 1 aromatic rings. The van der Waals surface area contributed by atoms with Crippen LogP contribution >= 0.6 is 0 Å². The Bertz CT molecular complexity index is 488. The van der Waals surface area contributed by atoms with E-state index < -0.39 is 11.7 Å². The van der Waals surface area contributed by atoms with Crippen molar-refractivity contribution in [2.24, 2.45) is 0 Å². The van der Waals surface area contributed by atoms with E-state index in [-0.39, 0.29) is 6.04 Å².